The average molecular weight is 484 g/mol. The van der Waals surface area contributed by atoms with Gasteiger partial charge in [-0.05, 0) is 68.4 Å². The Balaban J connectivity index is 1.34. The zero-order valence-corrected chi connectivity index (χ0v) is 20.2. The Morgan fingerprint density at radius 3 is 2.85 bits per heavy atom. The number of hydrogen-bond acceptors (Lipinski definition) is 8. The Kier molecular flexibility index (Phi) is 6.26. The molecular weight excluding hydrogens is 454 g/mol. The van der Waals surface area contributed by atoms with Gasteiger partial charge < -0.3 is 20.5 Å². The molecule has 2 aliphatic rings. The van der Waals surface area contributed by atoms with Crippen LogP contribution in [0.4, 0.5) is 5.95 Å². The fourth-order valence-corrected chi connectivity index (χ4v) is 5.86. The summed E-state index contributed by atoms with van der Waals surface area (Å²) in [7, 11) is 0. The van der Waals surface area contributed by atoms with Gasteiger partial charge in [-0.25, -0.2) is 4.73 Å². The molecule has 1 unspecified atom stereocenters. The molecular formula is C24H29N5O4S. The maximum absolute atomic E-state index is 12.8. The van der Waals surface area contributed by atoms with Crippen molar-refractivity contribution in [1.82, 2.24) is 10.4 Å². The molecule has 3 aromatic rings. The van der Waals surface area contributed by atoms with E-state index < -0.39 is 0 Å². The number of aromatic nitrogens is 3. The summed E-state index contributed by atoms with van der Waals surface area (Å²) in [6.07, 6.45) is 4.90. The summed E-state index contributed by atoms with van der Waals surface area (Å²) >= 11 is 1.77. The van der Waals surface area contributed by atoms with Gasteiger partial charge in [0.15, 0.2) is 5.52 Å². The van der Waals surface area contributed by atoms with Crippen molar-refractivity contribution in [2.75, 3.05) is 11.9 Å². The number of hydrogen-bond donors (Lipinski definition) is 2. The minimum atomic E-state index is -0.381. The van der Waals surface area contributed by atoms with Crippen molar-refractivity contribution in [3.05, 3.63) is 45.1 Å². The summed E-state index contributed by atoms with van der Waals surface area (Å²) in [5.74, 6) is 0.265. The highest BCUT2D eigenvalue weighted by molar-refractivity contribution is 7.15. The third-order valence-electron chi connectivity index (χ3n) is 6.62. The molecule has 1 aromatic carbocycles. The number of anilines is 1. The summed E-state index contributed by atoms with van der Waals surface area (Å²) in [6, 6.07) is 8.00. The third-order valence-corrected chi connectivity index (χ3v) is 7.87. The smallest absolute Gasteiger partial charge is 0.460 e. The molecule has 10 heteroatoms. The lowest BCUT2D eigenvalue weighted by Crippen LogP contribution is -2.44. The topological polar surface area (TPSA) is 117 Å². The quantitative estimate of drug-likeness (QED) is 0.301. The second kappa shape index (κ2) is 9.34. The molecule has 1 fully saturated rings. The number of carbonyl (C=O) groups is 1. The van der Waals surface area contributed by atoms with Crippen molar-refractivity contribution in [2.45, 2.75) is 64.6 Å². The van der Waals surface area contributed by atoms with Gasteiger partial charge in [-0.15, -0.1) is 11.3 Å². The van der Waals surface area contributed by atoms with Crippen molar-refractivity contribution in [1.29, 1.82) is 0 Å². The first-order valence-electron chi connectivity index (χ1n) is 11.8. The molecule has 34 heavy (non-hydrogen) atoms. The number of nitrogens with one attached hydrogen (secondary N) is 2. The van der Waals surface area contributed by atoms with Crippen LogP contribution in [0.2, 0.25) is 0 Å². The summed E-state index contributed by atoms with van der Waals surface area (Å²) in [6.45, 7) is 4.56. The van der Waals surface area contributed by atoms with Gasteiger partial charge in [-0.3, -0.25) is 10.1 Å². The van der Waals surface area contributed by atoms with Crippen molar-refractivity contribution < 1.29 is 19.1 Å². The van der Waals surface area contributed by atoms with Crippen LogP contribution in [-0.2, 0) is 22.5 Å². The molecule has 3 heterocycles. The predicted octanol–water partition coefficient (Wildman–Crippen LogP) is 2.80. The summed E-state index contributed by atoms with van der Waals surface area (Å²) in [4.78, 5) is 14.6. The highest BCUT2D eigenvalue weighted by atomic mass is 32.1. The molecule has 180 valence electrons. The van der Waals surface area contributed by atoms with E-state index in [9.17, 15) is 15.2 Å². The van der Waals surface area contributed by atoms with E-state index in [4.69, 9.17) is 4.74 Å². The minimum absolute atomic E-state index is 0.0647. The number of fused-ring (bicyclic) bond motifs is 2. The number of ether oxygens (including phenoxy) is 1. The first-order valence-corrected chi connectivity index (χ1v) is 12.7. The lowest BCUT2D eigenvalue weighted by molar-refractivity contribution is -0.672. The second-order valence-electron chi connectivity index (χ2n) is 9.35. The lowest BCUT2D eigenvalue weighted by atomic mass is 9.77. The van der Waals surface area contributed by atoms with Crippen LogP contribution in [0, 0.1) is 16.3 Å². The third kappa shape index (κ3) is 4.52. The summed E-state index contributed by atoms with van der Waals surface area (Å²) in [5, 5.41) is 35.7. The lowest BCUT2D eigenvalue weighted by Gasteiger charge is -2.36. The van der Waals surface area contributed by atoms with Crippen LogP contribution < -0.4 is 20.2 Å². The molecule has 0 saturated heterocycles. The Morgan fingerprint density at radius 2 is 2.12 bits per heavy atom. The molecule has 1 aliphatic carbocycles. The van der Waals surface area contributed by atoms with Crippen molar-refractivity contribution in [3.63, 3.8) is 0 Å². The Labute approximate surface area is 201 Å². The fraction of sp³-hybridized carbons (Fsp3) is 0.500. The van der Waals surface area contributed by atoms with Crippen LogP contribution in [0.1, 0.15) is 50.0 Å². The molecule has 1 saturated carbocycles. The van der Waals surface area contributed by atoms with Crippen molar-refractivity contribution in [2.24, 2.45) is 5.92 Å². The highest BCUT2D eigenvalue weighted by Gasteiger charge is 2.31. The average Bonchev–Trinajstić information content (AvgIpc) is 3.18. The predicted molar refractivity (Wildman–Crippen MR) is 129 cm³/mol. The van der Waals surface area contributed by atoms with E-state index in [-0.39, 0.29) is 42.0 Å². The SMILES string of the molecule is CC(C)OC(=O)CCNc1n[n+]([O-])c2cc(-c3cc4c(s3)CC(C3CCC3)NC4)ccc2[n+]1[O-]. The van der Waals surface area contributed by atoms with E-state index >= 15 is 0 Å². The van der Waals surface area contributed by atoms with E-state index in [1.807, 2.05) is 6.07 Å². The zero-order valence-electron chi connectivity index (χ0n) is 19.4. The normalized spacial score (nSPS) is 18.0. The number of rotatable bonds is 7. The largest absolute Gasteiger partial charge is 0.739 e. The first kappa shape index (κ1) is 22.8. The maximum Gasteiger partial charge on any atom is 0.460 e. The van der Waals surface area contributed by atoms with Gasteiger partial charge in [0.25, 0.3) is 5.52 Å². The van der Waals surface area contributed by atoms with E-state index in [1.165, 1.54) is 29.7 Å². The molecule has 0 amide bonds. The van der Waals surface area contributed by atoms with Gasteiger partial charge in [0, 0.05) is 33.3 Å². The van der Waals surface area contributed by atoms with Gasteiger partial charge in [-0.2, -0.15) is 0 Å². The van der Waals surface area contributed by atoms with Crippen LogP contribution in [0.25, 0.3) is 21.5 Å². The van der Waals surface area contributed by atoms with Gasteiger partial charge in [-0.1, -0.05) is 6.42 Å². The molecule has 0 bridgehead atoms. The van der Waals surface area contributed by atoms with Gasteiger partial charge in [0.05, 0.1) is 19.1 Å². The monoisotopic (exact) mass is 483 g/mol. The van der Waals surface area contributed by atoms with Crippen molar-refractivity contribution in [3.8, 4) is 10.4 Å². The maximum atomic E-state index is 12.8. The van der Waals surface area contributed by atoms with Crippen molar-refractivity contribution >= 4 is 34.3 Å². The van der Waals surface area contributed by atoms with Gasteiger partial charge in [0.2, 0.25) is 5.10 Å². The number of carbonyl (C=O) groups excluding carboxylic acids is 1. The van der Waals surface area contributed by atoms with Gasteiger partial charge in [0.1, 0.15) is 0 Å². The highest BCUT2D eigenvalue weighted by Crippen LogP contribution is 2.38. The number of benzene rings is 1. The molecule has 2 aromatic heterocycles. The molecule has 1 aliphatic heterocycles. The number of thiophene rings is 1. The Bertz CT molecular complexity index is 1220. The molecule has 9 nitrogen and oxygen atoms in total. The van der Waals surface area contributed by atoms with Crippen LogP contribution in [-0.4, -0.2) is 29.8 Å². The first-order chi connectivity index (χ1) is 16.4. The summed E-state index contributed by atoms with van der Waals surface area (Å²) in [5.41, 5.74) is 2.64. The zero-order chi connectivity index (χ0) is 23.8. The Hall–Kier alpha value is -2.98. The minimum Gasteiger partial charge on any atom is -0.739 e. The number of esters is 1. The van der Waals surface area contributed by atoms with Crippen LogP contribution in [0.5, 0.6) is 0 Å². The molecule has 1 atom stereocenters. The van der Waals surface area contributed by atoms with Crippen LogP contribution in [0.15, 0.2) is 24.3 Å². The molecule has 0 radical (unpaired) electrons. The molecule has 2 N–H and O–H groups in total. The second-order valence-corrected chi connectivity index (χ2v) is 10.5. The van der Waals surface area contributed by atoms with E-state index in [2.05, 4.69) is 21.8 Å². The molecule has 0 spiro atoms. The standard InChI is InChI=1S/C24H29N5O4S/c1-14(2)33-23(30)8-9-25-24-27-29(32)20-10-16(6-7-19(20)28(24)31)21-11-17-13-26-18(12-22(17)34-21)15-4-3-5-15/h6-7,10-11,14-15,18,26H,3-5,8-9,12-13H2,1-2H3,(H,25,27). The van der Waals surface area contributed by atoms with E-state index in [0.29, 0.717) is 15.6 Å². The Morgan fingerprint density at radius 1 is 1.29 bits per heavy atom. The fourth-order valence-electron chi connectivity index (χ4n) is 4.62. The van der Waals surface area contributed by atoms with E-state index in [1.54, 1.807) is 37.3 Å². The molecule has 5 rings (SSSR count). The van der Waals surface area contributed by atoms with Crippen LogP contribution in [0.3, 0.4) is 0 Å². The number of nitrogens with zero attached hydrogens (tertiary/aromatic N) is 3. The summed E-state index contributed by atoms with van der Waals surface area (Å²) < 4.78 is 5.66. The van der Waals surface area contributed by atoms with E-state index in [0.717, 1.165) is 29.3 Å². The van der Waals surface area contributed by atoms with Crippen LogP contribution >= 0.6 is 11.3 Å². The van der Waals surface area contributed by atoms with Gasteiger partial charge >= 0.3 is 11.9 Å².